The number of hydrogen-bond donors (Lipinski definition) is 2. The molecule has 1 atom stereocenters. The van der Waals surface area contributed by atoms with Crippen LogP contribution in [0.15, 0.2) is 53.0 Å². The maximum absolute atomic E-state index is 12.2. The lowest BCUT2D eigenvalue weighted by Crippen LogP contribution is -2.35. The van der Waals surface area contributed by atoms with E-state index in [2.05, 4.69) is 26.1 Å². The Morgan fingerprint density at radius 2 is 1.85 bits per heavy atom. The second-order valence-corrected chi connectivity index (χ2v) is 7.67. The number of nitrogens with two attached hydrogens (primary N) is 1. The molecule has 0 spiro atoms. The van der Waals surface area contributed by atoms with E-state index < -0.39 is 6.04 Å². The highest BCUT2D eigenvalue weighted by molar-refractivity contribution is 9.10. The van der Waals surface area contributed by atoms with Crippen molar-refractivity contribution in [2.24, 2.45) is 5.73 Å². The number of carbonyl (C=O) groups excluding carboxylic acids is 1. The van der Waals surface area contributed by atoms with Crippen LogP contribution in [-0.2, 0) is 11.4 Å². The lowest BCUT2D eigenvalue weighted by Gasteiger charge is -2.14. The number of anilines is 1. The molecule has 0 heterocycles. The van der Waals surface area contributed by atoms with Gasteiger partial charge >= 0.3 is 0 Å². The Morgan fingerprint density at radius 1 is 1.15 bits per heavy atom. The molecule has 0 saturated heterocycles. The van der Waals surface area contributed by atoms with Gasteiger partial charge in [-0.1, -0.05) is 30.7 Å². The third-order valence-corrected chi connectivity index (χ3v) is 4.81. The zero-order valence-electron chi connectivity index (χ0n) is 16.0. The minimum atomic E-state index is -0.481. The van der Waals surface area contributed by atoms with Gasteiger partial charge in [-0.25, -0.2) is 0 Å². The maximum Gasteiger partial charge on any atom is 0.241 e. The van der Waals surface area contributed by atoms with Crippen molar-refractivity contribution in [3.63, 3.8) is 0 Å². The highest BCUT2D eigenvalue weighted by atomic mass is 79.9. The first kappa shape index (κ1) is 21.4. The van der Waals surface area contributed by atoms with Crippen molar-refractivity contribution >= 4 is 27.5 Å². The summed E-state index contributed by atoms with van der Waals surface area (Å²) in [5.41, 5.74) is 7.76. The molecule has 2 rings (SSSR count). The summed E-state index contributed by atoms with van der Waals surface area (Å²) in [5.74, 6) is 0.659. The van der Waals surface area contributed by atoms with E-state index in [0.29, 0.717) is 13.0 Å². The number of nitrogens with one attached hydrogen (secondary N) is 1. The highest BCUT2D eigenvalue weighted by Gasteiger charge is 2.13. The number of hydrogen-bond acceptors (Lipinski definition) is 4. The van der Waals surface area contributed by atoms with Gasteiger partial charge in [0.1, 0.15) is 12.4 Å². The van der Waals surface area contributed by atoms with Crippen LogP contribution in [0.1, 0.15) is 24.8 Å². The topological polar surface area (TPSA) is 67.6 Å². The fourth-order valence-corrected chi connectivity index (χ4v) is 2.96. The summed E-state index contributed by atoms with van der Waals surface area (Å²) in [4.78, 5) is 14.3. The van der Waals surface area contributed by atoms with E-state index >= 15 is 0 Å². The van der Waals surface area contributed by atoms with Crippen LogP contribution in [-0.4, -0.2) is 37.5 Å². The Balaban J connectivity index is 1.77. The van der Waals surface area contributed by atoms with E-state index in [1.54, 1.807) is 0 Å². The number of para-hydroxylation sites is 1. The van der Waals surface area contributed by atoms with E-state index in [1.807, 2.05) is 62.6 Å². The van der Waals surface area contributed by atoms with Crippen LogP contribution in [0.4, 0.5) is 5.69 Å². The summed E-state index contributed by atoms with van der Waals surface area (Å²) < 4.78 is 6.72. The molecule has 1 amide bonds. The van der Waals surface area contributed by atoms with Gasteiger partial charge in [0.15, 0.2) is 0 Å². The molecule has 0 aliphatic rings. The fourth-order valence-electron chi connectivity index (χ4n) is 2.57. The Morgan fingerprint density at radius 3 is 2.52 bits per heavy atom. The number of rotatable bonds is 10. The summed E-state index contributed by atoms with van der Waals surface area (Å²) in [6.07, 6.45) is 2.68. The van der Waals surface area contributed by atoms with E-state index in [4.69, 9.17) is 10.5 Å². The lowest BCUT2D eigenvalue weighted by atomic mass is 10.1. The zero-order chi connectivity index (χ0) is 19.6. The van der Waals surface area contributed by atoms with Crippen molar-refractivity contribution in [2.45, 2.75) is 31.9 Å². The summed E-state index contributed by atoms with van der Waals surface area (Å²) in [7, 11) is 4.08. The Hall–Kier alpha value is -1.89. The monoisotopic (exact) mass is 433 g/mol. The molecule has 0 fully saturated rings. The molecule has 0 aliphatic carbocycles. The van der Waals surface area contributed by atoms with Gasteiger partial charge in [-0.05, 0) is 79.2 Å². The third kappa shape index (κ3) is 7.71. The Bertz CT molecular complexity index is 720. The Labute approximate surface area is 170 Å². The van der Waals surface area contributed by atoms with Crippen molar-refractivity contribution in [2.75, 3.05) is 26.0 Å². The average Bonchev–Trinajstić information content (AvgIpc) is 2.65. The quantitative estimate of drug-likeness (QED) is 0.555. The van der Waals surface area contributed by atoms with Gasteiger partial charge in [0.25, 0.3) is 0 Å². The van der Waals surface area contributed by atoms with Crippen LogP contribution < -0.4 is 15.8 Å². The van der Waals surface area contributed by atoms with Crippen LogP contribution in [0.3, 0.4) is 0 Å². The van der Waals surface area contributed by atoms with Gasteiger partial charge in [0.2, 0.25) is 5.91 Å². The molecule has 0 aliphatic heterocycles. The van der Waals surface area contributed by atoms with Crippen molar-refractivity contribution in [3.8, 4) is 5.75 Å². The summed E-state index contributed by atoms with van der Waals surface area (Å²) in [6, 6.07) is 14.9. The molecule has 1 unspecified atom stereocenters. The van der Waals surface area contributed by atoms with Gasteiger partial charge in [0.05, 0.1) is 10.5 Å². The molecule has 0 aromatic heterocycles. The number of nitrogens with zero attached hydrogens (tertiary/aromatic N) is 1. The van der Waals surface area contributed by atoms with E-state index in [0.717, 1.165) is 40.9 Å². The standard InChI is InChI=1S/C21H28BrN3O2/c1-25(2)14-6-5-8-19(23)21(26)24-17-12-10-16(11-13-17)15-27-20-9-4-3-7-18(20)22/h3-4,7,9-13,19H,5-6,8,14-15,23H2,1-2H3,(H,24,26). The molecule has 0 radical (unpaired) electrons. The number of carbonyl (C=O) groups is 1. The van der Waals surface area contributed by atoms with Crippen LogP contribution in [0.25, 0.3) is 0 Å². The second-order valence-electron chi connectivity index (χ2n) is 6.81. The fraction of sp³-hybridized carbons (Fsp3) is 0.381. The van der Waals surface area contributed by atoms with Gasteiger partial charge in [-0.2, -0.15) is 0 Å². The summed E-state index contributed by atoms with van der Waals surface area (Å²) >= 11 is 3.46. The molecular weight excluding hydrogens is 406 g/mol. The minimum Gasteiger partial charge on any atom is -0.488 e. The summed E-state index contributed by atoms with van der Waals surface area (Å²) in [6.45, 7) is 1.47. The van der Waals surface area contributed by atoms with E-state index in [1.165, 1.54) is 0 Å². The van der Waals surface area contributed by atoms with Gasteiger partial charge in [-0.3, -0.25) is 4.79 Å². The number of ether oxygens (including phenoxy) is 1. The van der Waals surface area contributed by atoms with Crippen LogP contribution in [0.2, 0.25) is 0 Å². The minimum absolute atomic E-state index is 0.142. The van der Waals surface area contributed by atoms with E-state index in [-0.39, 0.29) is 5.91 Å². The molecule has 146 valence electrons. The molecule has 0 saturated carbocycles. The predicted molar refractivity (Wildman–Crippen MR) is 114 cm³/mol. The Kier molecular flexibility index (Phi) is 8.78. The number of amides is 1. The van der Waals surface area contributed by atoms with Crippen molar-refractivity contribution in [1.29, 1.82) is 0 Å². The molecule has 27 heavy (non-hydrogen) atoms. The zero-order valence-corrected chi connectivity index (χ0v) is 17.5. The molecule has 2 aromatic rings. The number of unbranched alkanes of at least 4 members (excludes halogenated alkanes) is 1. The largest absolute Gasteiger partial charge is 0.488 e. The lowest BCUT2D eigenvalue weighted by molar-refractivity contribution is -0.117. The van der Waals surface area contributed by atoms with Crippen LogP contribution >= 0.6 is 15.9 Å². The number of benzene rings is 2. The maximum atomic E-state index is 12.2. The van der Waals surface area contributed by atoms with Crippen molar-refractivity contribution in [3.05, 3.63) is 58.6 Å². The molecule has 6 heteroatoms. The number of halogens is 1. The van der Waals surface area contributed by atoms with Gasteiger partial charge in [-0.15, -0.1) is 0 Å². The van der Waals surface area contributed by atoms with E-state index in [9.17, 15) is 4.79 Å². The van der Waals surface area contributed by atoms with Crippen LogP contribution in [0.5, 0.6) is 5.75 Å². The highest BCUT2D eigenvalue weighted by Crippen LogP contribution is 2.24. The smallest absolute Gasteiger partial charge is 0.241 e. The molecule has 3 N–H and O–H groups in total. The first-order valence-corrected chi connectivity index (χ1v) is 9.92. The van der Waals surface area contributed by atoms with Crippen LogP contribution in [0, 0.1) is 0 Å². The normalized spacial score (nSPS) is 12.0. The molecule has 2 aromatic carbocycles. The van der Waals surface area contributed by atoms with Crippen molar-refractivity contribution in [1.82, 2.24) is 4.90 Å². The first-order valence-electron chi connectivity index (χ1n) is 9.13. The first-order chi connectivity index (χ1) is 13.0. The SMILES string of the molecule is CN(C)CCCCC(N)C(=O)Nc1ccc(COc2ccccc2Br)cc1. The predicted octanol–water partition coefficient (Wildman–Crippen LogP) is 4.03. The van der Waals surface area contributed by atoms with Gasteiger partial charge < -0.3 is 20.7 Å². The second kappa shape index (κ2) is 11.1. The summed E-state index contributed by atoms with van der Waals surface area (Å²) in [5, 5.41) is 2.88. The third-order valence-electron chi connectivity index (χ3n) is 4.16. The molecule has 0 bridgehead atoms. The van der Waals surface area contributed by atoms with Crippen molar-refractivity contribution < 1.29 is 9.53 Å². The molecular formula is C21H28BrN3O2. The molecule has 5 nitrogen and oxygen atoms in total. The average molecular weight is 434 g/mol. The van der Waals surface area contributed by atoms with Gasteiger partial charge in [0, 0.05) is 5.69 Å².